The number of para-hydroxylation sites is 1. The summed E-state index contributed by atoms with van der Waals surface area (Å²) in [4.78, 5) is 22.2. The molecule has 0 fully saturated rings. The van der Waals surface area contributed by atoms with Crippen LogP contribution < -0.4 is 10.5 Å². The van der Waals surface area contributed by atoms with Gasteiger partial charge in [0.05, 0.1) is 16.2 Å². The maximum atomic E-state index is 12.4. The van der Waals surface area contributed by atoms with Crippen molar-refractivity contribution in [3.63, 3.8) is 0 Å². The summed E-state index contributed by atoms with van der Waals surface area (Å²) >= 11 is 1.52. The van der Waals surface area contributed by atoms with Crippen LogP contribution in [0.1, 0.15) is 31.8 Å². The number of thioether (sulfide) groups is 1. The molecule has 0 aliphatic rings. The zero-order chi connectivity index (χ0) is 22.0. The third-order valence-electron chi connectivity index (χ3n) is 5.39. The maximum Gasteiger partial charge on any atom is 0.258 e. The van der Waals surface area contributed by atoms with E-state index in [2.05, 4.69) is 63.2 Å². The summed E-state index contributed by atoms with van der Waals surface area (Å²) in [5.41, 5.74) is 2.79. The summed E-state index contributed by atoms with van der Waals surface area (Å²) in [5, 5.41) is 10.1. The fraction of sp³-hybridized carbons (Fsp3) is 0.304. The van der Waals surface area contributed by atoms with Gasteiger partial charge in [0.25, 0.3) is 5.56 Å². The van der Waals surface area contributed by atoms with Gasteiger partial charge in [-0.15, -0.1) is 10.2 Å². The molecular formula is C23H26N6OS. The molecule has 2 aromatic heterocycles. The smallest absolute Gasteiger partial charge is 0.258 e. The van der Waals surface area contributed by atoms with E-state index in [4.69, 9.17) is 0 Å². The van der Waals surface area contributed by atoms with E-state index in [1.54, 1.807) is 6.07 Å². The number of benzene rings is 2. The van der Waals surface area contributed by atoms with E-state index in [9.17, 15) is 4.79 Å². The summed E-state index contributed by atoms with van der Waals surface area (Å²) in [6.45, 7) is 8.27. The van der Waals surface area contributed by atoms with E-state index in [0.29, 0.717) is 16.7 Å². The van der Waals surface area contributed by atoms with Crippen molar-refractivity contribution >= 4 is 28.4 Å². The molecule has 1 N–H and O–H groups in total. The van der Waals surface area contributed by atoms with Crippen LogP contribution in [0.2, 0.25) is 0 Å². The lowest BCUT2D eigenvalue weighted by Crippen LogP contribution is -2.21. The number of rotatable bonds is 7. The van der Waals surface area contributed by atoms with Crippen molar-refractivity contribution in [1.82, 2.24) is 24.7 Å². The van der Waals surface area contributed by atoms with Gasteiger partial charge < -0.3 is 14.5 Å². The highest BCUT2D eigenvalue weighted by Crippen LogP contribution is 2.33. The van der Waals surface area contributed by atoms with Crippen LogP contribution >= 0.6 is 11.8 Å². The first kappa shape index (κ1) is 21.1. The molecule has 2 aromatic carbocycles. The van der Waals surface area contributed by atoms with Crippen molar-refractivity contribution in [2.75, 3.05) is 18.0 Å². The first-order valence-corrected chi connectivity index (χ1v) is 11.3. The van der Waals surface area contributed by atoms with Crippen LogP contribution in [-0.4, -0.2) is 37.8 Å². The van der Waals surface area contributed by atoms with Gasteiger partial charge in [-0.05, 0) is 57.2 Å². The number of nitrogens with zero attached hydrogens (tertiary/aromatic N) is 5. The number of anilines is 1. The molecule has 0 spiro atoms. The zero-order valence-electron chi connectivity index (χ0n) is 18.2. The van der Waals surface area contributed by atoms with Gasteiger partial charge in [-0.2, -0.15) is 0 Å². The Hall–Kier alpha value is -3.13. The zero-order valence-corrected chi connectivity index (χ0v) is 19.0. The van der Waals surface area contributed by atoms with Gasteiger partial charge in [-0.3, -0.25) is 4.79 Å². The number of hydrogen-bond acceptors (Lipinski definition) is 6. The second kappa shape index (κ2) is 8.93. The van der Waals surface area contributed by atoms with Crippen LogP contribution in [0, 0.1) is 0 Å². The van der Waals surface area contributed by atoms with E-state index in [1.807, 2.05) is 36.7 Å². The molecule has 0 aliphatic heterocycles. The largest absolute Gasteiger partial charge is 0.372 e. The average molecular weight is 435 g/mol. The third kappa shape index (κ3) is 4.20. The van der Waals surface area contributed by atoms with Gasteiger partial charge in [0, 0.05) is 31.4 Å². The molecule has 7 nitrogen and oxygen atoms in total. The van der Waals surface area contributed by atoms with E-state index in [-0.39, 0.29) is 10.8 Å². The summed E-state index contributed by atoms with van der Waals surface area (Å²) in [6, 6.07) is 15.8. The molecule has 4 rings (SSSR count). The molecule has 31 heavy (non-hydrogen) atoms. The Bertz CT molecular complexity index is 1240. The standard InChI is InChI=1S/C23H26N6OS/c1-5-29(6-2)17-13-11-16(12-14-17)21-26-27-23(28(21)4)31-15(3)20-24-19-10-8-7-9-18(19)22(30)25-20/h7-15H,5-6H2,1-4H3,(H,24,25,30)/t15-/m1/s1. The molecule has 0 unspecified atom stereocenters. The predicted molar refractivity (Wildman–Crippen MR) is 127 cm³/mol. The average Bonchev–Trinajstić information content (AvgIpc) is 3.15. The van der Waals surface area contributed by atoms with Gasteiger partial charge in [-0.1, -0.05) is 23.9 Å². The second-order valence-corrected chi connectivity index (χ2v) is 8.62. The topological polar surface area (TPSA) is 79.7 Å². The van der Waals surface area contributed by atoms with Gasteiger partial charge in [0.2, 0.25) is 0 Å². The van der Waals surface area contributed by atoms with Crippen LogP contribution in [0.3, 0.4) is 0 Å². The second-order valence-electron chi connectivity index (χ2n) is 7.31. The number of nitrogens with one attached hydrogen (secondary N) is 1. The van der Waals surface area contributed by atoms with Gasteiger partial charge in [-0.25, -0.2) is 4.98 Å². The minimum Gasteiger partial charge on any atom is -0.372 e. The molecule has 0 amide bonds. The lowest BCUT2D eigenvalue weighted by Gasteiger charge is -2.21. The van der Waals surface area contributed by atoms with Crippen molar-refractivity contribution in [3.8, 4) is 11.4 Å². The lowest BCUT2D eigenvalue weighted by molar-refractivity contribution is 0.786. The maximum absolute atomic E-state index is 12.4. The summed E-state index contributed by atoms with van der Waals surface area (Å²) < 4.78 is 1.98. The van der Waals surface area contributed by atoms with Crippen LogP contribution in [0.25, 0.3) is 22.3 Å². The highest BCUT2D eigenvalue weighted by molar-refractivity contribution is 7.99. The minimum absolute atomic E-state index is 0.0851. The minimum atomic E-state index is -0.125. The van der Waals surface area contributed by atoms with Crippen LogP contribution in [-0.2, 0) is 7.05 Å². The molecular weight excluding hydrogens is 408 g/mol. The number of aromatic amines is 1. The Morgan fingerprint density at radius 1 is 1.06 bits per heavy atom. The molecule has 4 aromatic rings. The molecule has 160 valence electrons. The van der Waals surface area contributed by atoms with Gasteiger partial charge in [0.15, 0.2) is 11.0 Å². The Morgan fingerprint density at radius 2 is 1.77 bits per heavy atom. The highest BCUT2D eigenvalue weighted by Gasteiger charge is 2.18. The fourth-order valence-corrected chi connectivity index (χ4v) is 4.46. The van der Waals surface area contributed by atoms with Crippen molar-refractivity contribution in [2.24, 2.45) is 7.05 Å². The van der Waals surface area contributed by atoms with E-state index < -0.39 is 0 Å². The molecule has 0 saturated heterocycles. The van der Waals surface area contributed by atoms with E-state index in [1.165, 1.54) is 17.4 Å². The predicted octanol–water partition coefficient (Wildman–Crippen LogP) is 4.42. The van der Waals surface area contributed by atoms with Crippen LogP contribution in [0.4, 0.5) is 5.69 Å². The van der Waals surface area contributed by atoms with Crippen molar-refractivity contribution in [2.45, 2.75) is 31.2 Å². The molecule has 0 aliphatic carbocycles. The third-order valence-corrected chi connectivity index (χ3v) is 6.53. The molecule has 0 radical (unpaired) electrons. The monoisotopic (exact) mass is 434 g/mol. The van der Waals surface area contributed by atoms with Crippen LogP contribution in [0.5, 0.6) is 0 Å². The number of fused-ring (bicyclic) bond motifs is 1. The van der Waals surface area contributed by atoms with E-state index >= 15 is 0 Å². The first-order chi connectivity index (χ1) is 15.0. The molecule has 2 heterocycles. The fourth-order valence-electron chi connectivity index (χ4n) is 3.59. The van der Waals surface area contributed by atoms with Crippen LogP contribution in [0.15, 0.2) is 58.5 Å². The number of aromatic nitrogens is 5. The first-order valence-electron chi connectivity index (χ1n) is 10.4. The number of H-pyrrole nitrogens is 1. The summed E-state index contributed by atoms with van der Waals surface area (Å²) in [5.74, 6) is 1.43. The quantitative estimate of drug-likeness (QED) is 0.434. The lowest BCUT2D eigenvalue weighted by atomic mass is 10.2. The Morgan fingerprint density at radius 3 is 2.48 bits per heavy atom. The highest BCUT2D eigenvalue weighted by atomic mass is 32.2. The molecule has 8 heteroatoms. The molecule has 0 saturated carbocycles. The summed E-state index contributed by atoms with van der Waals surface area (Å²) in [7, 11) is 1.96. The molecule has 1 atom stereocenters. The van der Waals surface area contributed by atoms with Gasteiger partial charge in [0.1, 0.15) is 5.82 Å². The summed E-state index contributed by atoms with van der Waals surface area (Å²) in [6.07, 6.45) is 0. The van der Waals surface area contributed by atoms with Crippen molar-refractivity contribution in [1.29, 1.82) is 0 Å². The van der Waals surface area contributed by atoms with Gasteiger partial charge >= 0.3 is 0 Å². The van der Waals surface area contributed by atoms with Crippen molar-refractivity contribution in [3.05, 3.63) is 64.7 Å². The Kier molecular flexibility index (Phi) is 6.08. The van der Waals surface area contributed by atoms with Crippen molar-refractivity contribution < 1.29 is 0 Å². The molecule has 0 bridgehead atoms. The van der Waals surface area contributed by atoms with E-state index in [0.717, 1.165) is 29.6 Å². The Balaban J connectivity index is 1.57. The normalized spacial score (nSPS) is 12.3. The Labute approximate surface area is 185 Å². The SMILES string of the molecule is CCN(CC)c1ccc(-c2nnc(S[C@H](C)c3nc4ccccc4c(=O)[nH]3)n2C)cc1. The number of hydrogen-bond donors (Lipinski definition) is 1.